The summed E-state index contributed by atoms with van der Waals surface area (Å²) in [4.78, 5) is 30.2. The lowest BCUT2D eigenvalue weighted by molar-refractivity contribution is -0.138. The number of rotatable bonds is 4. The number of benzene rings is 2. The van der Waals surface area contributed by atoms with Crippen LogP contribution in [0.3, 0.4) is 0 Å². The molecule has 0 unspecified atom stereocenters. The van der Waals surface area contributed by atoms with Crippen molar-refractivity contribution in [1.82, 2.24) is 9.88 Å². The number of aromatic amines is 1. The van der Waals surface area contributed by atoms with Crippen LogP contribution in [-0.4, -0.2) is 34.9 Å². The van der Waals surface area contributed by atoms with Crippen LogP contribution in [0.25, 0.3) is 22.6 Å². The van der Waals surface area contributed by atoms with Crippen molar-refractivity contribution in [1.29, 1.82) is 0 Å². The number of carbonyl (C=O) groups is 2. The van der Waals surface area contributed by atoms with E-state index in [1.165, 1.54) is 35.4 Å². The summed E-state index contributed by atoms with van der Waals surface area (Å²) in [6, 6.07) is 12.4. The second-order valence-electron chi connectivity index (χ2n) is 7.53. The van der Waals surface area contributed by atoms with E-state index in [1.807, 2.05) is 24.3 Å². The number of H-pyrrole nitrogens is 1. The number of esters is 1. The molecule has 8 heteroatoms. The number of amides is 1. The van der Waals surface area contributed by atoms with Gasteiger partial charge in [0.15, 0.2) is 0 Å². The Balaban J connectivity index is 1.65. The molecule has 1 aromatic heterocycles. The van der Waals surface area contributed by atoms with Gasteiger partial charge in [-0.05, 0) is 48.7 Å². The highest BCUT2D eigenvalue weighted by Crippen LogP contribution is 2.32. The van der Waals surface area contributed by atoms with Gasteiger partial charge < -0.3 is 14.6 Å². The first kappa shape index (κ1) is 22.4. The average molecular weight is 454 g/mol. The highest BCUT2D eigenvalue weighted by molar-refractivity contribution is 6.18. The largest absolute Gasteiger partial charge is 0.462 e. The number of hydrogen-bond acceptors (Lipinski definition) is 3. The highest BCUT2D eigenvalue weighted by Gasteiger charge is 2.30. The van der Waals surface area contributed by atoms with Gasteiger partial charge in [0.2, 0.25) is 0 Å². The Kier molecular flexibility index (Phi) is 6.09. The third kappa shape index (κ3) is 4.69. The van der Waals surface area contributed by atoms with Crippen LogP contribution < -0.4 is 0 Å². The minimum atomic E-state index is -4.47. The molecule has 1 aliphatic rings. The minimum Gasteiger partial charge on any atom is -0.462 e. The van der Waals surface area contributed by atoms with Crippen molar-refractivity contribution in [3.8, 4) is 0 Å². The zero-order chi connectivity index (χ0) is 23.6. The van der Waals surface area contributed by atoms with E-state index in [0.29, 0.717) is 18.7 Å². The van der Waals surface area contributed by atoms with Crippen LogP contribution in [0.1, 0.15) is 29.3 Å². The van der Waals surface area contributed by atoms with E-state index in [2.05, 4.69) is 4.98 Å². The molecule has 4 rings (SSSR count). The second-order valence-corrected chi connectivity index (χ2v) is 7.53. The van der Waals surface area contributed by atoms with E-state index in [0.717, 1.165) is 28.6 Å². The van der Waals surface area contributed by atoms with E-state index in [1.54, 1.807) is 6.92 Å². The lowest BCUT2D eigenvalue weighted by Crippen LogP contribution is -2.26. The van der Waals surface area contributed by atoms with Gasteiger partial charge in [0.05, 0.1) is 23.4 Å². The fourth-order valence-electron chi connectivity index (χ4n) is 3.83. The maximum Gasteiger partial charge on any atom is 0.416 e. The number of ether oxygens (including phenoxy) is 1. The van der Waals surface area contributed by atoms with E-state index >= 15 is 0 Å². The number of aromatic nitrogens is 1. The minimum absolute atomic E-state index is 0.176. The van der Waals surface area contributed by atoms with Gasteiger partial charge in [0.1, 0.15) is 0 Å². The summed E-state index contributed by atoms with van der Waals surface area (Å²) in [6.45, 7) is 2.17. The fourth-order valence-corrected chi connectivity index (χ4v) is 3.83. The molecule has 0 atom stereocenters. The predicted molar refractivity (Wildman–Crippen MR) is 119 cm³/mol. The van der Waals surface area contributed by atoms with Crippen LogP contribution >= 0.6 is 0 Å². The summed E-state index contributed by atoms with van der Waals surface area (Å²) in [7, 11) is 0. The van der Waals surface area contributed by atoms with E-state index in [9.17, 15) is 22.8 Å². The van der Waals surface area contributed by atoms with Gasteiger partial charge in [-0.3, -0.25) is 4.79 Å². The topological polar surface area (TPSA) is 62.4 Å². The Bertz CT molecular complexity index is 1270. The molecule has 3 aromatic rings. The molecule has 0 aliphatic carbocycles. The van der Waals surface area contributed by atoms with Crippen molar-refractivity contribution >= 4 is 34.4 Å². The monoisotopic (exact) mass is 454 g/mol. The number of nitrogens with zero attached hydrogens (tertiary/aromatic N) is 1. The first-order valence-corrected chi connectivity index (χ1v) is 10.4. The number of carbonyl (C=O) groups excluding carboxylic acids is 2. The maximum atomic E-state index is 12.9. The van der Waals surface area contributed by atoms with Crippen molar-refractivity contribution in [3.63, 3.8) is 0 Å². The molecule has 0 fully saturated rings. The summed E-state index contributed by atoms with van der Waals surface area (Å²) < 4.78 is 44.0. The normalized spacial score (nSPS) is 14.2. The SMILES string of the molecule is CCOC(=O)C1=CN(C(=O)/C=C/c2cccc(C(F)(F)F)c2)CCc2c1[nH]c1ccccc21. The van der Waals surface area contributed by atoms with Crippen LogP contribution in [0.2, 0.25) is 0 Å². The van der Waals surface area contributed by atoms with Crippen molar-refractivity contribution in [3.05, 3.63) is 83.2 Å². The number of nitrogens with one attached hydrogen (secondary N) is 1. The van der Waals surface area contributed by atoms with Crippen molar-refractivity contribution < 1.29 is 27.5 Å². The van der Waals surface area contributed by atoms with Crippen LogP contribution in [-0.2, 0) is 26.9 Å². The van der Waals surface area contributed by atoms with Gasteiger partial charge >= 0.3 is 12.1 Å². The molecule has 170 valence electrons. The molecular formula is C25H21F3N2O3. The Morgan fingerprint density at radius 1 is 1.15 bits per heavy atom. The quantitative estimate of drug-likeness (QED) is 0.436. The molecule has 1 amide bonds. The number of hydrogen-bond donors (Lipinski definition) is 1. The number of halogens is 3. The first-order chi connectivity index (χ1) is 15.8. The third-order valence-corrected chi connectivity index (χ3v) is 5.38. The fraction of sp³-hybridized carbons (Fsp3) is 0.200. The first-order valence-electron chi connectivity index (χ1n) is 10.4. The molecule has 5 nitrogen and oxygen atoms in total. The summed E-state index contributed by atoms with van der Waals surface area (Å²) in [6.07, 6.45) is -0.00701. The Morgan fingerprint density at radius 3 is 2.70 bits per heavy atom. The van der Waals surface area contributed by atoms with E-state index in [-0.39, 0.29) is 17.7 Å². The Hall–Kier alpha value is -3.81. The average Bonchev–Trinajstić information content (AvgIpc) is 3.04. The molecule has 33 heavy (non-hydrogen) atoms. The zero-order valence-corrected chi connectivity index (χ0v) is 17.8. The van der Waals surface area contributed by atoms with Gasteiger partial charge in [0, 0.05) is 29.7 Å². The number of para-hydroxylation sites is 1. The van der Waals surface area contributed by atoms with Crippen LogP contribution in [0.15, 0.2) is 60.8 Å². The molecule has 0 saturated heterocycles. The molecular weight excluding hydrogens is 433 g/mol. The lowest BCUT2D eigenvalue weighted by atomic mass is 10.0. The molecule has 2 aromatic carbocycles. The Morgan fingerprint density at radius 2 is 1.94 bits per heavy atom. The third-order valence-electron chi connectivity index (χ3n) is 5.38. The van der Waals surface area contributed by atoms with Gasteiger partial charge in [-0.2, -0.15) is 13.2 Å². The smallest absolute Gasteiger partial charge is 0.416 e. The van der Waals surface area contributed by atoms with Gasteiger partial charge in [0.25, 0.3) is 5.91 Å². The summed E-state index contributed by atoms with van der Waals surface area (Å²) >= 11 is 0. The van der Waals surface area contributed by atoms with Crippen molar-refractivity contribution in [2.24, 2.45) is 0 Å². The van der Waals surface area contributed by atoms with Crippen molar-refractivity contribution in [2.45, 2.75) is 19.5 Å². The molecule has 0 saturated carbocycles. The van der Waals surface area contributed by atoms with Gasteiger partial charge in [-0.25, -0.2) is 4.79 Å². The van der Waals surface area contributed by atoms with Crippen LogP contribution in [0, 0.1) is 0 Å². The maximum absolute atomic E-state index is 12.9. The van der Waals surface area contributed by atoms with Crippen LogP contribution in [0.5, 0.6) is 0 Å². The molecule has 1 N–H and O–H groups in total. The van der Waals surface area contributed by atoms with Crippen LogP contribution in [0.4, 0.5) is 13.2 Å². The number of alkyl halides is 3. The second kappa shape index (κ2) is 8.97. The van der Waals surface area contributed by atoms with Crippen molar-refractivity contribution in [2.75, 3.05) is 13.2 Å². The molecule has 0 spiro atoms. The summed E-state index contributed by atoms with van der Waals surface area (Å²) in [5, 5.41) is 0.955. The van der Waals surface area contributed by atoms with Gasteiger partial charge in [-0.1, -0.05) is 30.3 Å². The molecule has 2 heterocycles. The zero-order valence-electron chi connectivity index (χ0n) is 17.8. The highest BCUT2D eigenvalue weighted by atomic mass is 19.4. The summed E-state index contributed by atoms with van der Waals surface area (Å²) in [5.74, 6) is -1.02. The number of fused-ring (bicyclic) bond motifs is 3. The lowest BCUT2D eigenvalue weighted by Gasteiger charge is -2.15. The molecule has 0 radical (unpaired) electrons. The molecule has 1 aliphatic heterocycles. The summed E-state index contributed by atoms with van der Waals surface area (Å²) in [5.41, 5.74) is 2.07. The van der Waals surface area contributed by atoms with E-state index in [4.69, 9.17) is 4.74 Å². The van der Waals surface area contributed by atoms with E-state index < -0.39 is 23.6 Å². The standard InChI is InChI=1S/C25H21F3N2O3/c1-2-33-24(32)20-15-30(13-12-19-18-8-3-4-9-21(18)29-23(19)20)22(31)11-10-16-6-5-7-17(14-16)25(26,27)28/h3-11,14-15,29H,2,12-13H2,1H3/b11-10+. The molecule has 0 bridgehead atoms. The predicted octanol–water partition coefficient (Wildman–Crippen LogP) is 5.19. The Labute approximate surface area is 188 Å². The van der Waals surface area contributed by atoms with Gasteiger partial charge in [-0.15, -0.1) is 0 Å².